The molecule has 0 bridgehead atoms. The van der Waals surface area contributed by atoms with Crippen molar-refractivity contribution in [3.05, 3.63) is 77.2 Å². The van der Waals surface area contributed by atoms with Gasteiger partial charge in [0.1, 0.15) is 22.7 Å². The van der Waals surface area contributed by atoms with E-state index in [2.05, 4.69) is 12.5 Å². The van der Waals surface area contributed by atoms with Gasteiger partial charge in [0, 0.05) is 28.3 Å². The molecule has 4 heteroatoms. The van der Waals surface area contributed by atoms with Gasteiger partial charge in [-0.15, -0.1) is 0 Å². The van der Waals surface area contributed by atoms with Crippen LogP contribution in [0.5, 0.6) is 11.5 Å². The molecule has 0 atom stereocenters. The van der Waals surface area contributed by atoms with Gasteiger partial charge in [0.25, 0.3) is 0 Å². The zero-order valence-corrected chi connectivity index (χ0v) is 14.6. The molecule has 3 nitrogen and oxygen atoms in total. The van der Waals surface area contributed by atoms with Crippen molar-refractivity contribution >= 4 is 33.5 Å². The summed E-state index contributed by atoms with van der Waals surface area (Å²) in [4.78, 5) is 0. The number of methoxy groups -OCH3 is 2. The summed E-state index contributed by atoms with van der Waals surface area (Å²) in [6.07, 6.45) is 2.08. The SMILES string of the molecule is COc1cc([CH]c2ccc3oc4ccc(Cl)cc4c3c2)cc(OC)c1. The van der Waals surface area contributed by atoms with E-state index in [0.29, 0.717) is 5.02 Å². The van der Waals surface area contributed by atoms with Crippen molar-refractivity contribution < 1.29 is 13.9 Å². The Morgan fingerprint density at radius 3 is 2.08 bits per heavy atom. The highest BCUT2D eigenvalue weighted by molar-refractivity contribution is 6.31. The molecule has 1 radical (unpaired) electrons. The van der Waals surface area contributed by atoms with E-state index in [1.54, 1.807) is 14.2 Å². The molecule has 0 amide bonds. The number of fused-ring (bicyclic) bond motifs is 3. The van der Waals surface area contributed by atoms with E-state index < -0.39 is 0 Å². The first-order valence-electron chi connectivity index (χ1n) is 7.86. The molecular weight excluding hydrogens is 336 g/mol. The maximum absolute atomic E-state index is 6.14. The number of benzene rings is 3. The summed E-state index contributed by atoms with van der Waals surface area (Å²) in [5.74, 6) is 1.51. The Morgan fingerprint density at radius 1 is 0.760 bits per heavy atom. The second kappa shape index (κ2) is 6.34. The molecule has 4 aromatic rings. The third-order valence-corrected chi connectivity index (χ3v) is 4.40. The van der Waals surface area contributed by atoms with Crippen LogP contribution in [0.25, 0.3) is 21.9 Å². The molecule has 0 aliphatic carbocycles. The zero-order chi connectivity index (χ0) is 17.4. The second-order valence-corrected chi connectivity index (χ2v) is 6.22. The van der Waals surface area contributed by atoms with E-state index in [9.17, 15) is 0 Å². The summed E-state index contributed by atoms with van der Waals surface area (Å²) < 4.78 is 16.5. The molecule has 125 valence electrons. The summed E-state index contributed by atoms with van der Waals surface area (Å²) in [5, 5.41) is 2.75. The summed E-state index contributed by atoms with van der Waals surface area (Å²) >= 11 is 6.14. The minimum atomic E-state index is 0.696. The van der Waals surface area contributed by atoms with Gasteiger partial charge in [-0.05, 0) is 53.6 Å². The van der Waals surface area contributed by atoms with E-state index in [4.69, 9.17) is 25.5 Å². The average molecular weight is 352 g/mol. The van der Waals surface area contributed by atoms with Crippen LogP contribution in [0.15, 0.2) is 59.0 Å². The molecule has 0 saturated carbocycles. The van der Waals surface area contributed by atoms with Crippen molar-refractivity contribution in [2.24, 2.45) is 0 Å². The number of hydrogen-bond donors (Lipinski definition) is 0. The van der Waals surface area contributed by atoms with Crippen LogP contribution in [0.4, 0.5) is 0 Å². The standard InChI is InChI=1S/C21H16ClO3/c1-23-16-8-14(9-17(12-16)24-2)7-13-3-5-20-18(10-13)19-11-15(22)4-6-21(19)25-20/h3-12H,1-2H3. The number of furan rings is 1. The van der Waals surface area contributed by atoms with E-state index in [1.165, 1.54) is 0 Å². The average Bonchev–Trinajstić information content (AvgIpc) is 2.98. The molecule has 0 saturated heterocycles. The van der Waals surface area contributed by atoms with Crippen molar-refractivity contribution in [3.63, 3.8) is 0 Å². The van der Waals surface area contributed by atoms with Crippen molar-refractivity contribution in [2.45, 2.75) is 0 Å². The molecule has 3 aromatic carbocycles. The lowest BCUT2D eigenvalue weighted by Crippen LogP contribution is -1.91. The van der Waals surface area contributed by atoms with Gasteiger partial charge >= 0.3 is 0 Å². The fourth-order valence-electron chi connectivity index (χ4n) is 2.96. The molecule has 0 fully saturated rings. The molecule has 4 rings (SSSR count). The molecule has 0 unspecified atom stereocenters. The smallest absolute Gasteiger partial charge is 0.135 e. The molecule has 1 aromatic heterocycles. The highest BCUT2D eigenvalue weighted by Crippen LogP contribution is 2.32. The minimum Gasteiger partial charge on any atom is -0.497 e. The van der Waals surface area contributed by atoms with Crippen molar-refractivity contribution in [1.29, 1.82) is 0 Å². The Morgan fingerprint density at radius 2 is 1.40 bits per heavy atom. The van der Waals surface area contributed by atoms with Gasteiger partial charge in [0.05, 0.1) is 14.2 Å². The van der Waals surface area contributed by atoms with Gasteiger partial charge in [-0.25, -0.2) is 0 Å². The molecule has 0 aliphatic heterocycles. The molecule has 0 spiro atoms. The Labute approximate surface area is 150 Å². The van der Waals surface area contributed by atoms with Crippen molar-refractivity contribution in [1.82, 2.24) is 0 Å². The lowest BCUT2D eigenvalue weighted by molar-refractivity contribution is 0.394. The van der Waals surface area contributed by atoms with E-state index in [0.717, 1.165) is 44.6 Å². The van der Waals surface area contributed by atoms with Gasteiger partial charge in [-0.3, -0.25) is 0 Å². The highest BCUT2D eigenvalue weighted by atomic mass is 35.5. The first-order valence-corrected chi connectivity index (χ1v) is 8.24. The summed E-state index contributed by atoms with van der Waals surface area (Å²) in [6, 6.07) is 17.6. The summed E-state index contributed by atoms with van der Waals surface area (Å²) in [7, 11) is 3.29. The van der Waals surface area contributed by atoms with E-state index >= 15 is 0 Å². The number of hydrogen-bond acceptors (Lipinski definition) is 3. The predicted molar refractivity (Wildman–Crippen MR) is 101 cm³/mol. The topological polar surface area (TPSA) is 31.6 Å². The third kappa shape index (κ3) is 3.03. The largest absolute Gasteiger partial charge is 0.497 e. The molecule has 0 aliphatic rings. The summed E-state index contributed by atoms with van der Waals surface area (Å²) in [5.41, 5.74) is 3.74. The molecule has 25 heavy (non-hydrogen) atoms. The van der Waals surface area contributed by atoms with Crippen LogP contribution in [0.2, 0.25) is 5.02 Å². The molecular formula is C21H16ClO3. The number of rotatable bonds is 4. The predicted octanol–water partition coefficient (Wildman–Crippen LogP) is 5.86. The maximum atomic E-state index is 6.14. The normalized spacial score (nSPS) is 11.2. The van der Waals surface area contributed by atoms with E-state index in [1.807, 2.05) is 48.5 Å². The fourth-order valence-corrected chi connectivity index (χ4v) is 3.13. The zero-order valence-electron chi connectivity index (χ0n) is 13.9. The van der Waals surface area contributed by atoms with E-state index in [-0.39, 0.29) is 0 Å². The Hall–Kier alpha value is -2.65. The summed E-state index contributed by atoms with van der Waals surface area (Å²) in [6.45, 7) is 0. The van der Waals surface area contributed by atoms with Crippen molar-refractivity contribution in [2.75, 3.05) is 14.2 Å². The first-order chi connectivity index (χ1) is 12.2. The van der Waals surface area contributed by atoms with Crippen molar-refractivity contribution in [3.8, 4) is 11.5 Å². The molecule has 1 heterocycles. The van der Waals surface area contributed by atoms with Gasteiger partial charge in [-0.1, -0.05) is 17.7 Å². The van der Waals surface area contributed by atoms with Gasteiger partial charge < -0.3 is 13.9 Å². The first kappa shape index (κ1) is 15.9. The van der Waals surface area contributed by atoms with Crippen LogP contribution >= 0.6 is 11.6 Å². The Bertz CT molecular complexity index is 1040. The number of ether oxygens (including phenoxy) is 2. The number of halogens is 1. The third-order valence-electron chi connectivity index (χ3n) is 4.16. The monoisotopic (exact) mass is 351 g/mol. The van der Waals surface area contributed by atoms with Crippen LogP contribution in [-0.2, 0) is 0 Å². The highest BCUT2D eigenvalue weighted by Gasteiger charge is 2.10. The van der Waals surface area contributed by atoms with Crippen LogP contribution in [-0.4, -0.2) is 14.2 Å². The molecule has 0 N–H and O–H groups in total. The lowest BCUT2D eigenvalue weighted by Gasteiger charge is -2.08. The fraction of sp³-hybridized carbons (Fsp3) is 0.0952. The van der Waals surface area contributed by atoms with Crippen LogP contribution in [0, 0.1) is 6.42 Å². The van der Waals surface area contributed by atoms with Crippen LogP contribution in [0.3, 0.4) is 0 Å². The van der Waals surface area contributed by atoms with Gasteiger partial charge in [0.2, 0.25) is 0 Å². The van der Waals surface area contributed by atoms with Crippen LogP contribution < -0.4 is 9.47 Å². The lowest BCUT2D eigenvalue weighted by atomic mass is 10.0. The van der Waals surface area contributed by atoms with Gasteiger partial charge in [0.15, 0.2) is 0 Å². The van der Waals surface area contributed by atoms with Crippen LogP contribution in [0.1, 0.15) is 11.1 Å². The maximum Gasteiger partial charge on any atom is 0.135 e. The second-order valence-electron chi connectivity index (χ2n) is 5.79. The Kier molecular flexibility index (Phi) is 4.02. The van der Waals surface area contributed by atoms with Gasteiger partial charge in [-0.2, -0.15) is 0 Å². The minimum absolute atomic E-state index is 0.696. The quantitative estimate of drug-likeness (QED) is 0.461. The Balaban J connectivity index is 1.77.